The summed E-state index contributed by atoms with van der Waals surface area (Å²) in [5.41, 5.74) is 0. The number of carbonyl (C=O) groups excluding carboxylic acids is 1. The summed E-state index contributed by atoms with van der Waals surface area (Å²) in [6.45, 7) is 4.77. The Kier molecular flexibility index (Phi) is 5.20. The maximum atomic E-state index is 12.2. The van der Waals surface area contributed by atoms with Gasteiger partial charge in [-0.25, -0.2) is 0 Å². The van der Waals surface area contributed by atoms with Crippen LogP contribution in [0.2, 0.25) is 0 Å². The van der Waals surface area contributed by atoms with Gasteiger partial charge in [0.15, 0.2) is 0 Å². The molecule has 5 nitrogen and oxygen atoms in total. The summed E-state index contributed by atoms with van der Waals surface area (Å²) in [4.78, 5) is 16.1. The molecule has 112 valence electrons. The highest BCUT2D eigenvalue weighted by molar-refractivity contribution is 5.77. The van der Waals surface area contributed by atoms with Gasteiger partial charge in [0, 0.05) is 27.2 Å². The minimum Gasteiger partial charge on any atom is -0.464 e. The predicted octanol–water partition coefficient (Wildman–Crippen LogP) is 1.66. The first-order valence-corrected chi connectivity index (χ1v) is 7.13. The summed E-state index contributed by atoms with van der Waals surface area (Å²) in [7, 11) is 3.58. The zero-order valence-electron chi connectivity index (χ0n) is 12.6. The number of ether oxygens (including phenoxy) is 1. The molecule has 1 amide bonds. The van der Waals surface area contributed by atoms with E-state index in [1.165, 1.54) is 0 Å². The quantitative estimate of drug-likeness (QED) is 0.823. The largest absolute Gasteiger partial charge is 0.464 e. The highest BCUT2D eigenvalue weighted by atomic mass is 16.5. The average molecular weight is 280 g/mol. The van der Waals surface area contributed by atoms with E-state index >= 15 is 0 Å². The Balaban J connectivity index is 1.76. The van der Waals surface area contributed by atoms with E-state index in [1.807, 2.05) is 26.1 Å². The second-order valence-electron chi connectivity index (χ2n) is 5.47. The van der Waals surface area contributed by atoms with Crippen LogP contribution in [0.25, 0.3) is 0 Å². The normalized spacial score (nSPS) is 17.4. The van der Waals surface area contributed by atoms with Crippen molar-refractivity contribution in [3.8, 4) is 0 Å². The van der Waals surface area contributed by atoms with Gasteiger partial charge in [-0.3, -0.25) is 9.69 Å². The monoisotopic (exact) mass is 280 g/mol. The summed E-state index contributed by atoms with van der Waals surface area (Å²) in [5, 5.41) is 0. The third kappa shape index (κ3) is 4.08. The summed E-state index contributed by atoms with van der Waals surface area (Å²) < 4.78 is 10.8. The fourth-order valence-electron chi connectivity index (χ4n) is 2.51. The summed E-state index contributed by atoms with van der Waals surface area (Å²) in [5.74, 6) is 1.84. The van der Waals surface area contributed by atoms with Crippen LogP contribution in [0, 0.1) is 6.92 Å². The Morgan fingerprint density at radius 1 is 1.45 bits per heavy atom. The Labute approximate surface area is 120 Å². The van der Waals surface area contributed by atoms with E-state index in [9.17, 15) is 4.79 Å². The first-order chi connectivity index (χ1) is 9.58. The lowest BCUT2D eigenvalue weighted by atomic mass is 10.1. The molecule has 0 unspecified atom stereocenters. The second kappa shape index (κ2) is 6.90. The maximum Gasteiger partial charge on any atom is 0.236 e. The van der Waals surface area contributed by atoms with E-state index < -0.39 is 0 Å². The molecular formula is C15H24N2O3. The highest BCUT2D eigenvalue weighted by Crippen LogP contribution is 2.13. The molecule has 0 bridgehead atoms. The van der Waals surface area contributed by atoms with E-state index in [2.05, 4.69) is 4.90 Å². The van der Waals surface area contributed by atoms with Gasteiger partial charge in [0.05, 0.1) is 19.2 Å². The number of amides is 1. The molecular weight excluding hydrogens is 256 g/mol. The maximum absolute atomic E-state index is 12.2. The highest BCUT2D eigenvalue weighted by Gasteiger charge is 2.21. The molecule has 0 N–H and O–H groups in total. The van der Waals surface area contributed by atoms with Crippen molar-refractivity contribution in [2.45, 2.75) is 32.4 Å². The molecule has 5 heteroatoms. The minimum absolute atomic E-state index is 0.134. The van der Waals surface area contributed by atoms with Crippen LogP contribution in [0.15, 0.2) is 16.5 Å². The molecule has 0 aromatic carbocycles. The van der Waals surface area contributed by atoms with Gasteiger partial charge in [0.25, 0.3) is 0 Å². The van der Waals surface area contributed by atoms with Gasteiger partial charge in [-0.15, -0.1) is 0 Å². The lowest BCUT2D eigenvalue weighted by Gasteiger charge is -2.31. The Morgan fingerprint density at radius 3 is 2.70 bits per heavy atom. The van der Waals surface area contributed by atoms with E-state index in [0.29, 0.717) is 19.2 Å². The van der Waals surface area contributed by atoms with Crippen LogP contribution in [0.3, 0.4) is 0 Å². The first kappa shape index (κ1) is 15.1. The summed E-state index contributed by atoms with van der Waals surface area (Å²) in [6, 6.07) is 3.84. The molecule has 2 rings (SSSR count). The number of likely N-dealkylation sites (N-methyl/N-ethyl adjacent to an activating group) is 1. The third-order valence-corrected chi connectivity index (χ3v) is 3.84. The Bertz CT molecular complexity index is 436. The fourth-order valence-corrected chi connectivity index (χ4v) is 2.51. The number of likely N-dealkylation sites (tertiary alicyclic amines) is 1. The van der Waals surface area contributed by atoms with Gasteiger partial charge in [0.2, 0.25) is 5.91 Å². The van der Waals surface area contributed by atoms with Gasteiger partial charge in [-0.05, 0) is 31.9 Å². The molecule has 1 fully saturated rings. The van der Waals surface area contributed by atoms with Crippen molar-refractivity contribution >= 4 is 5.91 Å². The zero-order chi connectivity index (χ0) is 14.5. The van der Waals surface area contributed by atoms with E-state index in [0.717, 1.165) is 37.5 Å². The number of furan rings is 1. The number of methoxy groups -OCH3 is 1. The molecule has 1 aliphatic rings. The molecule has 0 aliphatic carbocycles. The molecule has 0 spiro atoms. The van der Waals surface area contributed by atoms with Crippen LogP contribution in [0.4, 0.5) is 0 Å². The first-order valence-electron chi connectivity index (χ1n) is 7.13. The van der Waals surface area contributed by atoms with E-state index in [4.69, 9.17) is 9.15 Å². The van der Waals surface area contributed by atoms with Gasteiger partial charge < -0.3 is 14.1 Å². The van der Waals surface area contributed by atoms with Crippen molar-refractivity contribution in [3.05, 3.63) is 23.7 Å². The molecule has 1 aliphatic heterocycles. The molecule has 1 saturated heterocycles. The van der Waals surface area contributed by atoms with Crippen LogP contribution >= 0.6 is 0 Å². The van der Waals surface area contributed by atoms with Crippen LogP contribution in [0.1, 0.15) is 24.4 Å². The molecule has 0 atom stereocenters. The van der Waals surface area contributed by atoms with Gasteiger partial charge in [0.1, 0.15) is 11.5 Å². The van der Waals surface area contributed by atoms with E-state index in [1.54, 1.807) is 12.0 Å². The molecule has 1 aromatic rings. The van der Waals surface area contributed by atoms with Crippen LogP contribution in [-0.4, -0.2) is 55.6 Å². The topological polar surface area (TPSA) is 45.9 Å². The zero-order valence-corrected chi connectivity index (χ0v) is 12.6. The molecule has 0 saturated carbocycles. The van der Waals surface area contributed by atoms with Gasteiger partial charge >= 0.3 is 0 Å². The van der Waals surface area contributed by atoms with Crippen LogP contribution in [0.5, 0.6) is 0 Å². The number of hydrogen-bond donors (Lipinski definition) is 0. The van der Waals surface area contributed by atoms with Crippen molar-refractivity contribution in [2.24, 2.45) is 0 Å². The number of carbonyl (C=O) groups is 1. The summed E-state index contributed by atoms with van der Waals surface area (Å²) >= 11 is 0. The fraction of sp³-hybridized carbons (Fsp3) is 0.667. The number of piperidine rings is 1. The number of hydrogen-bond acceptors (Lipinski definition) is 4. The molecule has 0 radical (unpaired) electrons. The molecule has 1 aromatic heterocycles. The number of rotatable bonds is 5. The molecule has 20 heavy (non-hydrogen) atoms. The Hall–Kier alpha value is -1.33. The van der Waals surface area contributed by atoms with Crippen molar-refractivity contribution in [2.75, 3.05) is 33.8 Å². The second-order valence-corrected chi connectivity index (χ2v) is 5.47. The standard InChI is InChI=1S/C15H24N2O3/c1-12-4-5-14(20-12)10-16(2)15(18)11-17-8-6-13(19-3)7-9-17/h4-5,13H,6-11H2,1-3H3. The van der Waals surface area contributed by atoms with Gasteiger partial charge in [-0.1, -0.05) is 0 Å². The number of nitrogens with zero attached hydrogens (tertiary/aromatic N) is 2. The van der Waals surface area contributed by atoms with Crippen molar-refractivity contribution in [1.29, 1.82) is 0 Å². The third-order valence-electron chi connectivity index (χ3n) is 3.84. The van der Waals surface area contributed by atoms with Crippen LogP contribution < -0.4 is 0 Å². The predicted molar refractivity (Wildman–Crippen MR) is 76.4 cm³/mol. The lowest BCUT2D eigenvalue weighted by molar-refractivity contribution is -0.132. The summed E-state index contributed by atoms with van der Waals surface area (Å²) in [6.07, 6.45) is 2.36. The van der Waals surface area contributed by atoms with Crippen molar-refractivity contribution in [3.63, 3.8) is 0 Å². The van der Waals surface area contributed by atoms with Crippen LogP contribution in [-0.2, 0) is 16.1 Å². The Morgan fingerprint density at radius 2 is 2.15 bits per heavy atom. The van der Waals surface area contributed by atoms with Crippen molar-refractivity contribution < 1.29 is 13.9 Å². The SMILES string of the molecule is COC1CCN(CC(=O)N(C)Cc2ccc(C)o2)CC1. The minimum atomic E-state index is 0.134. The smallest absolute Gasteiger partial charge is 0.236 e. The van der Waals surface area contributed by atoms with E-state index in [-0.39, 0.29) is 5.91 Å². The molecule has 2 heterocycles. The average Bonchev–Trinajstić information content (AvgIpc) is 2.85. The van der Waals surface area contributed by atoms with Crippen molar-refractivity contribution in [1.82, 2.24) is 9.80 Å². The number of aryl methyl sites for hydroxylation is 1. The van der Waals surface area contributed by atoms with Gasteiger partial charge in [-0.2, -0.15) is 0 Å². The lowest BCUT2D eigenvalue weighted by Crippen LogP contribution is -2.43.